The number of ether oxygens (including phenoxy) is 1. The molecule has 0 bridgehead atoms. The Labute approximate surface area is 172 Å². The number of anilines is 3. The average molecular weight is 396 g/mol. The van der Waals surface area contributed by atoms with Crippen LogP contribution in [-0.2, 0) is 4.74 Å². The summed E-state index contributed by atoms with van der Waals surface area (Å²) in [6, 6.07) is 10.2. The van der Waals surface area contributed by atoms with E-state index in [1.165, 1.54) is 19.2 Å². The first-order valence-corrected chi connectivity index (χ1v) is 10.6. The summed E-state index contributed by atoms with van der Waals surface area (Å²) in [7, 11) is 0. The van der Waals surface area contributed by atoms with Crippen LogP contribution in [-0.4, -0.2) is 54.8 Å². The zero-order valence-electron chi connectivity index (χ0n) is 17.0. The van der Waals surface area contributed by atoms with Crippen LogP contribution in [0.3, 0.4) is 0 Å². The van der Waals surface area contributed by atoms with Gasteiger partial charge in [-0.1, -0.05) is 19.1 Å². The molecule has 2 aliphatic heterocycles. The van der Waals surface area contributed by atoms with Gasteiger partial charge >= 0.3 is 0 Å². The lowest BCUT2D eigenvalue weighted by Gasteiger charge is -2.36. The summed E-state index contributed by atoms with van der Waals surface area (Å²) in [5.41, 5.74) is 2.21. The molecule has 1 unspecified atom stereocenters. The van der Waals surface area contributed by atoms with Crippen molar-refractivity contribution < 1.29 is 9.53 Å². The van der Waals surface area contributed by atoms with E-state index in [1.807, 2.05) is 30.3 Å². The molecule has 4 rings (SSSR count). The molecule has 0 saturated carbocycles. The lowest BCUT2D eigenvalue weighted by Crippen LogP contribution is -2.39. The van der Waals surface area contributed by atoms with Crippen molar-refractivity contribution in [1.82, 2.24) is 9.97 Å². The van der Waals surface area contributed by atoms with E-state index in [-0.39, 0.29) is 5.91 Å². The highest BCUT2D eigenvalue weighted by Crippen LogP contribution is 2.28. The Morgan fingerprint density at radius 3 is 2.83 bits per heavy atom. The monoisotopic (exact) mass is 395 g/mol. The second-order valence-corrected chi connectivity index (χ2v) is 7.58. The molecule has 2 saturated heterocycles. The number of hydrogen-bond donors (Lipinski definition) is 1. The summed E-state index contributed by atoms with van der Waals surface area (Å²) >= 11 is 0. The van der Waals surface area contributed by atoms with Gasteiger partial charge in [-0.15, -0.1) is 0 Å². The van der Waals surface area contributed by atoms with E-state index in [4.69, 9.17) is 4.74 Å². The zero-order chi connectivity index (χ0) is 20.1. The number of para-hydroxylation sites is 2. The average Bonchev–Trinajstić information content (AvgIpc) is 2.80. The van der Waals surface area contributed by atoms with Crippen LogP contribution in [0.25, 0.3) is 0 Å². The molecule has 3 heterocycles. The number of morpholine rings is 1. The SMILES string of the molecule is CCC1CCCCN1c1cc(C(=O)Nc2ccccc2N2CCOCC2)ncn1. The summed E-state index contributed by atoms with van der Waals surface area (Å²) in [5.74, 6) is 0.637. The smallest absolute Gasteiger partial charge is 0.274 e. The fourth-order valence-corrected chi connectivity index (χ4v) is 4.20. The maximum absolute atomic E-state index is 13.0. The van der Waals surface area contributed by atoms with Crippen LogP contribution in [0.4, 0.5) is 17.2 Å². The van der Waals surface area contributed by atoms with Gasteiger partial charge in [-0.2, -0.15) is 0 Å². The first-order chi connectivity index (χ1) is 14.3. The Morgan fingerprint density at radius 2 is 2.00 bits per heavy atom. The lowest BCUT2D eigenvalue weighted by atomic mass is 10.00. The van der Waals surface area contributed by atoms with Crippen molar-refractivity contribution in [2.24, 2.45) is 0 Å². The number of amides is 1. The summed E-state index contributed by atoms with van der Waals surface area (Å²) < 4.78 is 5.45. The van der Waals surface area contributed by atoms with Gasteiger partial charge in [-0.3, -0.25) is 4.79 Å². The Morgan fingerprint density at radius 1 is 1.17 bits per heavy atom. The van der Waals surface area contributed by atoms with E-state index in [0.717, 1.165) is 49.7 Å². The highest BCUT2D eigenvalue weighted by molar-refractivity contribution is 6.05. The molecular weight excluding hydrogens is 366 g/mol. The van der Waals surface area contributed by atoms with Crippen LogP contribution in [0.2, 0.25) is 0 Å². The van der Waals surface area contributed by atoms with Crippen molar-refractivity contribution in [3.8, 4) is 0 Å². The summed E-state index contributed by atoms with van der Waals surface area (Å²) in [5, 5.41) is 3.05. The van der Waals surface area contributed by atoms with Crippen molar-refractivity contribution in [2.75, 3.05) is 48.0 Å². The fourth-order valence-electron chi connectivity index (χ4n) is 4.20. The summed E-state index contributed by atoms with van der Waals surface area (Å²) in [6.45, 7) is 6.23. The molecular formula is C22H29N5O2. The quantitative estimate of drug-likeness (QED) is 0.837. The Kier molecular flexibility index (Phi) is 6.24. The first-order valence-electron chi connectivity index (χ1n) is 10.6. The standard InChI is InChI=1S/C22H29N5O2/c1-2-17-7-5-6-10-27(17)21-15-19(23-16-24-21)22(28)25-18-8-3-4-9-20(18)26-11-13-29-14-12-26/h3-4,8-9,15-17H,2,5-7,10-14H2,1H3,(H,25,28). The molecule has 2 fully saturated rings. The topological polar surface area (TPSA) is 70.6 Å². The van der Waals surface area contributed by atoms with Gasteiger partial charge in [-0.05, 0) is 37.8 Å². The van der Waals surface area contributed by atoms with Crippen molar-refractivity contribution in [3.05, 3.63) is 42.4 Å². The largest absolute Gasteiger partial charge is 0.378 e. The van der Waals surface area contributed by atoms with Crippen LogP contribution in [0.5, 0.6) is 0 Å². The molecule has 7 nitrogen and oxygen atoms in total. The van der Waals surface area contributed by atoms with E-state index in [9.17, 15) is 4.79 Å². The van der Waals surface area contributed by atoms with Gasteiger partial charge in [-0.25, -0.2) is 9.97 Å². The zero-order valence-corrected chi connectivity index (χ0v) is 17.0. The summed E-state index contributed by atoms with van der Waals surface area (Å²) in [6.07, 6.45) is 6.17. The molecule has 0 radical (unpaired) electrons. The van der Waals surface area contributed by atoms with E-state index in [0.29, 0.717) is 24.9 Å². The van der Waals surface area contributed by atoms with Gasteiger partial charge in [0.1, 0.15) is 17.8 Å². The molecule has 0 spiro atoms. The minimum atomic E-state index is -0.209. The molecule has 1 aromatic heterocycles. The van der Waals surface area contributed by atoms with Gasteiger partial charge < -0.3 is 19.9 Å². The van der Waals surface area contributed by atoms with E-state index in [2.05, 4.69) is 32.0 Å². The number of nitrogens with zero attached hydrogens (tertiary/aromatic N) is 4. The van der Waals surface area contributed by atoms with E-state index in [1.54, 1.807) is 0 Å². The number of carbonyl (C=O) groups is 1. The molecule has 7 heteroatoms. The number of piperidine rings is 1. The second-order valence-electron chi connectivity index (χ2n) is 7.58. The number of nitrogens with one attached hydrogen (secondary N) is 1. The Balaban J connectivity index is 1.52. The number of hydrogen-bond acceptors (Lipinski definition) is 6. The minimum absolute atomic E-state index is 0.209. The van der Waals surface area contributed by atoms with E-state index >= 15 is 0 Å². The van der Waals surface area contributed by atoms with Gasteiger partial charge in [0, 0.05) is 31.7 Å². The number of rotatable bonds is 5. The van der Waals surface area contributed by atoms with Crippen molar-refractivity contribution in [1.29, 1.82) is 0 Å². The third kappa shape index (κ3) is 4.50. The van der Waals surface area contributed by atoms with Gasteiger partial charge in [0.15, 0.2) is 0 Å². The third-order valence-corrected chi connectivity index (χ3v) is 5.78. The van der Waals surface area contributed by atoms with Crippen LogP contribution in [0, 0.1) is 0 Å². The van der Waals surface area contributed by atoms with Crippen molar-refractivity contribution in [2.45, 2.75) is 38.6 Å². The minimum Gasteiger partial charge on any atom is -0.378 e. The molecule has 154 valence electrons. The predicted octanol–water partition coefficient (Wildman–Crippen LogP) is 3.33. The molecule has 1 aromatic carbocycles. The van der Waals surface area contributed by atoms with Crippen LogP contribution in [0.1, 0.15) is 43.1 Å². The Bertz CT molecular complexity index is 837. The van der Waals surface area contributed by atoms with Crippen LogP contribution < -0.4 is 15.1 Å². The molecule has 2 aliphatic rings. The number of carbonyl (C=O) groups excluding carboxylic acids is 1. The van der Waals surface area contributed by atoms with Gasteiger partial charge in [0.2, 0.25) is 0 Å². The molecule has 1 N–H and O–H groups in total. The summed E-state index contributed by atoms with van der Waals surface area (Å²) in [4.78, 5) is 26.2. The first kappa shape index (κ1) is 19.6. The molecule has 29 heavy (non-hydrogen) atoms. The molecule has 2 aromatic rings. The number of benzene rings is 1. The van der Waals surface area contributed by atoms with Gasteiger partial charge in [0.25, 0.3) is 5.91 Å². The van der Waals surface area contributed by atoms with Gasteiger partial charge in [0.05, 0.1) is 24.6 Å². The normalized spacial score (nSPS) is 19.8. The van der Waals surface area contributed by atoms with Crippen molar-refractivity contribution >= 4 is 23.1 Å². The molecule has 1 atom stereocenters. The highest BCUT2D eigenvalue weighted by atomic mass is 16.5. The third-order valence-electron chi connectivity index (χ3n) is 5.78. The van der Waals surface area contributed by atoms with E-state index < -0.39 is 0 Å². The lowest BCUT2D eigenvalue weighted by molar-refractivity contribution is 0.102. The van der Waals surface area contributed by atoms with Crippen LogP contribution in [0.15, 0.2) is 36.7 Å². The maximum Gasteiger partial charge on any atom is 0.274 e. The van der Waals surface area contributed by atoms with Crippen LogP contribution >= 0.6 is 0 Å². The Hall–Kier alpha value is -2.67. The number of aromatic nitrogens is 2. The molecule has 1 amide bonds. The predicted molar refractivity (Wildman–Crippen MR) is 115 cm³/mol. The van der Waals surface area contributed by atoms with Crippen molar-refractivity contribution in [3.63, 3.8) is 0 Å². The fraction of sp³-hybridized carbons (Fsp3) is 0.500. The highest BCUT2D eigenvalue weighted by Gasteiger charge is 2.23. The maximum atomic E-state index is 13.0. The molecule has 0 aliphatic carbocycles. The second kappa shape index (κ2) is 9.22.